The van der Waals surface area contributed by atoms with Gasteiger partial charge in [0.2, 0.25) is 5.82 Å². The van der Waals surface area contributed by atoms with Gasteiger partial charge in [0.1, 0.15) is 11.6 Å². The average Bonchev–Trinajstić information content (AvgIpc) is 3.27. The zero-order valence-electron chi connectivity index (χ0n) is 12.2. The number of rotatable bonds is 3. The summed E-state index contributed by atoms with van der Waals surface area (Å²) in [5.74, 6) is -1.11. The molecule has 0 fully saturated rings. The number of nitrogens with one attached hydrogen (secondary N) is 1. The van der Waals surface area contributed by atoms with Gasteiger partial charge in [0.15, 0.2) is 0 Å². The molecule has 118 valence electrons. The van der Waals surface area contributed by atoms with E-state index >= 15 is 0 Å². The van der Waals surface area contributed by atoms with Crippen LogP contribution in [0.4, 0.5) is 8.78 Å². The molecule has 2 aromatic heterocycles. The summed E-state index contributed by atoms with van der Waals surface area (Å²) in [4.78, 5) is 4.20. The lowest BCUT2D eigenvalue weighted by Crippen LogP contribution is -1.87. The molecule has 0 saturated carbocycles. The lowest BCUT2D eigenvalue weighted by atomic mass is 10.1. The fourth-order valence-corrected chi connectivity index (χ4v) is 2.36. The maximum Gasteiger partial charge on any atom is 0.261 e. The molecule has 2 heterocycles. The van der Waals surface area contributed by atoms with Crippen molar-refractivity contribution in [3.05, 3.63) is 66.4 Å². The molecule has 0 amide bonds. The molecule has 0 unspecified atom stereocenters. The van der Waals surface area contributed by atoms with Crippen LogP contribution in [0.1, 0.15) is 0 Å². The van der Waals surface area contributed by atoms with E-state index in [2.05, 4.69) is 20.3 Å². The van der Waals surface area contributed by atoms with Crippen molar-refractivity contribution in [2.45, 2.75) is 0 Å². The summed E-state index contributed by atoms with van der Waals surface area (Å²) in [5.41, 5.74) is 2.52. The first-order chi connectivity index (χ1) is 11.7. The summed E-state index contributed by atoms with van der Waals surface area (Å²) in [5, 5.41) is 10.7. The molecule has 0 aliphatic carbocycles. The highest BCUT2D eigenvalue weighted by Gasteiger charge is 2.15. The maximum atomic E-state index is 13.8. The van der Waals surface area contributed by atoms with Crippen molar-refractivity contribution in [2.75, 3.05) is 0 Å². The minimum atomic E-state index is -0.753. The highest BCUT2D eigenvalue weighted by atomic mass is 19.1. The second-order valence-corrected chi connectivity index (χ2v) is 5.10. The molecule has 7 heteroatoms. The molecular formula is C17H10F2N4O. The van der Waals surface area contributed by atoms with Crippen LogP contribution in [0, 0.1) is 11.6 Å². The number of benzene rings is 2. The molecule has 0 atom stereocenters. The summed E-state index contributed by atoms with van der Waals surface area (Å²) in [6, 6.07) is 12.5. The Bertz CT molecular complexity index is 996. The van der Waals surface area contributed by atoms with Gasteiger partial charge in [-0.05, 0) is 24.3 Å². The minimum Gasteiger partial charge on any atom is -0.334 e. The highest BCUT2D eigenvalue weighted by Crippen LogP contribution is 2.27. The van der Waals surface area contributed by atoms with Crippen molar-refractivity contribution in [2.24, 2.45) is 0 Å². The summed E-state index contributed by atoms with van der Waals surface area (Å²) in [7, 11) is 0. The Labute approximate surface area is 135 Å². The Morgan fingerprint density at radius 1 is 0.958 bits per heavy atom. The smallest absolute Gasteiger partial charge is 0.261 e. The standard InChI is InChI=1S/C17H10F2N4O/c18-12-4-5-13(14(19)9-12)17-21-16(23-24-17)11-3-1-2-10(8-11)15-6-7-20-22-15/h1-9H,(H,20,22). The van der Waals surface area contributed by atoms with E-state index in [1.54, 1.807) is 6.20 Å². The van der Waals surface area contributed by atoms with Gasteiger partial charge < -0.3 is 4.52 Å². The molecule has 0 aliphatic heterocycles. The number of hydrogen-bond donors (Lipinski definition) is 1. The summed E-state index contributed by atoms with van der Waals surface area (Å²) >= 11 is 0. The molecule has 5 nitrogen and oxygen atoms in total. The van der Waals surface area contributed by atoms with Crippen LogP contribution in [0.3, 0.4) is 0 Å². The number of aromatic nitrogens is 4. The van der Waals surface area contributed by atoms with Crippen molar-refractivity contribution in [1.82, 2.24) is 20.3 Å². The van der Waals surface area contributed by atoms with Crippen molar-refractivity contribution in [3.63, 3.8) is 0 Å². The maximum absolute atomic E-state index is 13.8. The SMILES string of the molecule is Fc1ccc(-c2nc(-c3cccc(-c4ccn[nH]4)c3)no2)c(F)c1. The quantitative estimate of drug-likeness (QED) is 0.617. The van der Waals surface area contributed by atoms with Crippen LogP contribution in [0.15, 0.2) is 59.3 Å². The van der Waals surface area contributed by atoms with E-state index < -0.39 is 11.6 Å². The Balaban J connectivity index is 1.72. The molecule has 0 saturated heterocycles. The molecule has 0 bridgehead atoms. The first kappa shape index (κ1) is 14.3. The summed E-state index contributed by atoms with van der Waals surface area (Å²) < 4.78 is 31.9. The highest BCUT2D eigenvalue weighted by molar-refractivity contribution is 5.68. The second-order valence-electron chi connectivity index (χ2n) is 5.10. The lowest BCUT2D eigenvalue weighted by molar-refractivity contribution is 0.429. The minimum absolute atomic E-state index is 0.00515. The number of aromatic amines is 1. The Morgan fingerprint density at radius 3 is 2.62 bits per heavy atom. The van der Waals surface area contributed by atoms with Gasteiger partial charge in [0.25, 0.3) is 5.89 Å². The van der Waals surface area contributed by atoms with Gasteiger partial charge in [0, 0.05) is 23.4 Å². The zero-order valence-corrected chi connectivity index (χ0v) is 12.2. The van der Waals surface area contributed by atoms with E-state index in [-0.39, 0.29) is 11.5 Å². The third-order valence-electron chi connectivity index (χ3n) is 3.52. The van der Waals surface area contributed by atoms with E-state index in [0.717, 1.165) is 23.4 Å². The molecular weight excluding hydrogens is 314 g/mol. The van der Waals surface area contributed by atoms with Crippen molar-refractivity contribution in [1.29, 1.82) is 0 Å². The molecule has 1 N–H and O–H groups in total. The van der Waals surface area contributed by atoms with Crippen LogP contribution in [-0.2, 0) is 0 Å². The van der Waals surface area contributed by atoms with E-state index in [1.165, 1.54) is 6.07 Å². The Morgan fingerprint density at radius 2 is 1.83 bits per heavy atom. The van der Waals surface area contributed by atoms with Gasteiger partial charge in [-0.1, -0.05) is 23.4 Å². The number of nitrogens with zero attached hydrogens (tertiary/aromatic N) is 3. The lowest BCUT2D eigenvalue weighted by Gasteiger charge is -1.99. The summed E-state index contributed by atoms with van der Waals surface area (Å²) in [6.45, 7) is 0. The van der Waals surface area contributed by atoms with Crippen LogP contribution < -0.4 is 0 Å². The number of hydrogen-bond acceptors (Lipinski definition) is 4. The zero-order chi connectivity index (χ0) is 16.5. The van der Waals surface area contributed by atoms with E-state index in [9.17, 15) is 8.78 Å². The van der Waals surface area contributed by atoms with E-state index in [4.69, 9.17) is 4.52 Å². The predicted octanol–water partition coefficient (Wildman–Crippen LogP) is 4.07. The Hall–Kier alpha value is -3.35. The van der Waals surface area contributed by atoms with Crippen LogP contribution in [0.25, 0.3) is 34.1 Å². The predicted molar refractivity (Wildman–Crippen MR) is 82.7 cm³/mol. The first-order valence-corrected chi connectivity index (χ1v) is 7.10. The first-order valence-electron chi connectivity index (χ1n) is 7.10. The largest absolute Gasteiger partial charge is 0.334 e. The van der Waals surface area contributed by atoms with Gasteiger partial charge in [-0.2, -0.15) is 10.1 Å². The fraction of sp³-hybridized carbons (Fsp3) is 0. The monoisotopic (exact) mass is 324 g/mol. The molecule has 4 rings (SSSR count). The van der Waals surface area contributed by atoms with Gasteiger partial charge in [-0.15, -0.1) is 0 Å². The molecule has 0 aliphatic rings. The fourth-order valence-electron chi connectivity index (χ4n) is 2.36. The van der Waals surface area contributed by atoms with Gasteiger partial charge in [0.05, 0.1) is 11.3 Å². The molecule has 0 spiro atoms. The van der Waals surface area contributed by atoms with E-state index in [1.807, 2.05) is 30.3 Å². The normalized spacial score (nSPS) is 10.9. The van der Waals surface area contributed by atoms with Crippen molar-refractivity contribution in [3.8, 4) is 34.1 Å². The number of halogens is 2. The second kappa shape index (κ2) is 5.69. The van der Waals surface area contributed by atoms with Gasteiger partial charge in [-0.3, -0.25) is 5.10 Å². The van der Waals surface area contributed by atoms with Crippen LogP contribution in [0.2, 0.25) is 0 Å². The van der Waals surface area contributed by atoms with Crippen molar-refractivity contribution < 1.29 is 13.3 Å². The molecule has 0 radical (unpaired) electrons. The molecule has 4 aromatic rings. The van der Waals surface area contributed by atoms with Crippen LogP contribution >= 0.6 is 0 Å². The van der Waals surface area contributed by atoms with Gasteiger partial charge >= 0.3 is 0 Å². The topological polar surface area (TPSA) is 67.6 Å². The van der Waals surface area contributed by atoms with Crippen molar-refractivity contribution >= 4 is 0 Å². The summed E-state index contributed by atoms with van der Waals surface area (Å²) in [6.07, 6.45) is 1.66. The Kier molecular flexibility index (Phi) is 3.38. The molecule has 2 aromatic carbocycles. The average molecular weight is 324 g/mol. The van der Waals surface area contributed by atoms with E-state index in [0.29, 0.717) is 11.4 Å². The third kappa shape index (κ3) is 2.56. The van der Waals surface area contributed by atoms with Crippen LogP contribution in [0.5, 0.6) is 0 Å². The van der Waals surface area contributed by atoms with Gasteiger partial charge in [-0.25, -0.2) is 8.78 Å². The molecule has 24 heavy (non-hydrogen) atoms. The number of H-pyrrole nitrogens is 1. The van der Waals surface area contributed by atoms with Crippen LogP contribution in [-0.4, -0.2) is 20.3 Å². The third-order valence-corrected chi connectivity index (χ3v) is 3.52.